The van der Waals surface area contributed by atoms with Crippen molar-refractivity contribution >= 4 is 40.0 Å². The predicted octanol–water partition coefficient (Wildman–Crippen LogP) is 3.18. The summed E-state index contributed by atoms with van der Waals surface area (Å²) in [6.07, 6.45) is 0. The van der Waals surface area contributed by atoms with Gasteiger partial charge < -0.3 is 14.2 Å². The number of rotatable bonds is 8. The Bertz CT molecular complexity index is 933. The minimum absolute atomic E-state index is 0.191. The van der Waals surface area contributed by atoms with Crippen molar-refractivity contribution < 1.29 is 9.53 Å². The molecule has 1 fully saturated rings. The number of carbonyl (C=O) groups is 1. The van der Waals surface area contributed by atoms with E-state index in [-0.39, 0.29) is 5.91 Å². The third-order valence-electron chi connectivity index (χ3n) is 5.15. The van der Waals surface area contributed by atoms with Gasteiger partial charge in [-0.15, -0.1) is 11.3 Å². The van der Waals surface area contributed by atoms with Crippen LogP contribution in [0.15, 0.2) is 46.9 Å². The van der Waals surface area contributed by atoms with Crippen molar-refractivity contribution in [2.45, 2.75) is 18.2 Å². The minimum atomic E-state index is 0.191. The van der Waals surface area contributed by atoms with E-state index in [0.717, 1.165) is 55.5 Å². The van der Waals surface area contributed by atoms with E-state index >= 15 is 0 Å². The van der Waals surface area contributed by atoms with Crippen LogP contribution in [0.4, 0.5) is 0 Å². The Hall–Kier alpha value is -1.87. The second-order valence-electron chi connectivity index (χ2n) is 7.05. The Balaban J connectivity index is 1.33. The van der Waals surface area contributed by atoms with Gasteiger partial charge in [-0.05, 0) is 23.6 Å². The molecule has 0 N–H and O–H groups in total. The van der Waals surface area contributed by atoms with Crippen LogP contribution in [0, 0.1) is 0 Å². The summed E-state index contributed by atoms with van der Waals surface area (Å²) in [6.45, 7) is 5.79. The smallest absolute Gasteiger partial charge is 0.233 e. The number of carbonyl (C=O) groups excluding carboxylic acids is 1. The van der Waals surface area contributed by atoms with Gasteiger partial charge in [-0.1, -0.05) is 30.0 Å². The summed E-state index contributed by atoms with van der Waals surface area (Å²) in [6, 6.07) is 12.4. The molecule has 3 aromatic rings. The number of hydrogen-bond donors (Lipinski definition) is 0. The summed E-state index contributed by atoms with van der Waals surface area (Å²) in [5.74, 6) is 0.609. The Morgan fingerprint density at radius 1 is 1.17 bits per heavy atom. The first kappa shape index (κ1) is 20.4. The first-order valence-electron chi connectivity index (χ1n) is 9.84. The third kappa shape index (κ3) is 5.01. The number of nitrogens with zero attached hydrogens (tertiary/aromatic N) is 4. The summed E-state index contributed by atoms with van der Waals surface area (Å²) in [7, 11) is 1.70. The SMILES string of the molecule is COCCn1c(SCC(=O)N2CCN(Cc3cccs3)CC2)nc2ccccc21. The number of methoxy groups -OCH3 is 1. The highest BCUT2D eigenvalue weighted by molar-refractivity contribution is 7.99. The number of thiophene rings is 1. The number of thioether (sulfide) groups is 1. The highest BCUT2D eigenvalue weighted by atomic mass is 32.2. The fraction of sp³-hybridized carbons (Fsp3) is 0.429. The number of piperazine rings is 1. The van der Waals surface area contributed by atoms with E-state index in [4.69, 9.17) is 9.72 Å². The van der Waals surface area contributed by atoms with Gasteiger partial charge in [-0.3, -0.25) is 9.69 Å². The molecule has 0 unspecified atom stereocenters. The molecule has 0 atom stereocenters. The third-order valence-corrected chi connectivity index (χ3v) is 6.97. The molecule has 1 aromatic carbocycles. The number of amides is 1. The first-order chi connectivity index (χ1) is 14.2. The molecule has 8 heteroatoms. The lowest BCUT2D eigenvalue weighted by molar-refractivity contribution is -0.130. The molecular weight excluding hydrogens is 404 g/mol. The summed E-state index contributed by atoms with van der Waals surface area (Å²) in [5.41, 5.74) is 2.04. The molecule has 29 heavy (non-hydrogen) atoms. The van der Waals surface area contributed by atoms with Crippen LogP contribution in [0.25, 0.3) is 11.0 Å². The van der Waals surface area contributed by atoms with Gasteiger partial charge in [0.15, 0.2) is 5.16 Å². The van der Waals surface area contributed by atoms with Gasteiger partial charge in [0.2, 0.25) is 5.91 Å². The average molecular weight is 431 g/mol. The molecule has 0 radical (unpaired) electrons. The molecule has 1 aliphatic heterocycles. The van der Waals surface area contributed by atoms with Crippen LogP contribution >= 0.6 is 23.1 Å². The van der Waals surface area contributed by atoms with Gasteiger partial charge in [-0.2, -0.15) is 0 Å². The lowest BCUT2D eigenvalue weighted by atomic mass is 10.3. The lowest BCUT2D eigenvalue weighted by Crippen LogP contribution is -2.48. The minimum Gasteiger partial charge on any atom is -0.383 e. The fourth-order valence-electron chi connectivity index (χ4n) is 3.56. The molecule has 6 nitrogen and oxygen atoms in total. The zero-order chi connectivity index (χ0) is 20.1. The largest absolute Gasteiger partial charge is 0.383 e. The van der Waals surface area contributed by atoms with Crippen molar-refractivity contribution in [2.24, 2.45) is 0 Å². The molecule has 1 aliphatic rings. The van der Waals surface area contributed by atoms with E-state index in [1.165, 1.54) is 16.6 Å². The van der Waals surface area contributed by atoms with Crippen molar-refractivity contribution in [1.29, 1.82) is 0 Å². The van der Waals surface area contributed by atoms with E-state index in [9.17, 15) is 4.79 Å². The molecule has 1 amide bonds. The van der Waals surface area contributed by atoms with Crippen molar-refractivity contribution in [3.63, 3.8) is 0 Å². The van der Waals surface area contributed by atoms with Crippen LogP contribution in [-0.2, 0) is 22.6 Å². The summed E-state index contributed by atoms with van der Waals surface area (Å²) in [4.78, 5) is 23.3. The molecule has 0 aliphatic carbocycles. The highest BCUT2D eigenvalue weighted by Gasteiger charge is 2.22. The quantitative estimate of drug-likeness (QED) is 0.514. The predicted molar refractivity (Wildman–Crippen MR) is 119 cm³/mol. The van der Waals surface area contributed by atoms with E-state index in [0.29, 0.717) is 12.4 Å². The Labute approximate surface area is 179 Å². The molecule has 2 aromatic heterocycles. The van der Waals surface area contributed by atoms with Crippen molar-refractivity contribution in [3.05, 3.63) is 46.7 Å². The molecule has 154 valence electrons. The number of fused-ring (bicyclic) bond motifs is 1. The van der Waals surface area contributed by atoms with Gasteiger partial charge in [-0.25, -0.2) is 4.98 Å². The number of benzene rings is 1. The van der Waals surface area contributed by atoms with Crippen LogP contribution < -0.4 is 0 Å². The highest BCUT2D eigenvalue weighted by Crippen LogP contribution is 2.24. The van der Waals surface area contributed by atoms with Crippen LogP contribution in [0.5, 0.6) is 0 Å². The molecular formula is C21H26N4O2S2. The Morgan fingerprint density at radius 3 is 2.76 bits per heavy atom. The maximum atomic E-state index is 12.8. The molecule has 3 heterocycles. The number of para-hydroxylation sites is 2. The zero-order valence-electron chi connectivity index (χ0n) is 16.6. The van der Waals surface area contributed by atoms with Crippen molar-refractivity contribution in [1.82, 2.24) is 19.4 Å². The van der Waals surface area contributed by atoms with Gasteiger partial charge >= 0.3 is 0 Å². The standard InChI is InChI=1S/C21H26N4O2S2/c1-27-13-12-25-19-7-3-2-6-18(19)22-21(25)29-16-20(26)24-10-8-23(9-11-24)15-17-5-4-14-28-17/h2-7,14H,8-13,15-16H2,1H3. The average Bonchev–Trinajstić information content (AvgIpc) is 3.38. The van der Waals surface area contributed by atoms with E-state index < -0.39 is 0 Å². The summed E-state index contributed by atoms with van der Waals surface area (Å²) < 4.78 is 7.40. The van der Waals surface area contributed by atoms with Crippen LogP contribution in [0.3, 0.4) is 0 Å². The summed E-state index contributed by atoms with van der Waals surface area (Å²) >= 11 is 3.32. The van der Waals surface area contributed by atoms with E-state index in [1.54, 1.807) is 18.4 Å². The monoisotopic (exact) mass is 430 g/mol. The number of hydrogen-bond acceptors (Lipinski definition) is 6. The Morgan fingerprint density at radius 2 is 2.00 bits per heavy atom. The molecule has 0 saturated carbocycles. The lowest BCUT2D eigenvalue weighted by Gasteiger charge is -2.34. The van der Waals surface area contributed by atoms with Crippen LogP contribution in [0.1, 0.15) is 4.88 Å². The van der Waals surface area contributed by atoms with Crippen LogP contribution in [-0.4, -0.2) is 70.9 Å². The molecule has 4 rings (SSSR count). The number of ether oxygens (including phenoxy) is 1. The topological polar surface area (TPSA) is 50.6 Å². The Kier molecular flexibility index (Phi) is 6.86. The molecule has 0 bridgehead atoms. The number of imidazole rings is 1. The maximum absolute atomic E-state index is 12.8. The van der Waals surface area contributed by atoms with Crippen molar-refractivity contribution in [2.75, 3.05) is 45.6 Å². The second kappa shape index (κ2) is 9.75. The van der Waals surface area contributed by atoms with E-state index in [1.807, 2.05) is 23.1 Å². The van der Waals surface area contributed by atoms with Crippen molar-refractivity contribution in [3.8, 4) is 0 Å². The van der Waals surface area contributed by atoms with Gasteiger partial charge in [0.25, 0.3) is 0 Å². The van der Waals surface area contributed by atoms with Gasteiger partial charge in [0.05, 0.1) is 23.4 Å². The van der Waals surface area contributed by atoms with Gasteiger partial charge in [0.1, 0.15) is 0 Å². The maximum Gasteiger partial charge on any atom is 0.233 e. The normalized spacial score (nSPS) is 15.3. The second-order valence-corrected chi connectivity index (χ2v) is 9.03. The fourth-order valence-corrected chi connectivity index (χ4v) is 5.25. The van der Waals surface area contributed by atoms with Gasteiger partial charge in [0, 0.05) is 51.3 Å². The zero-order valence-corrected chi connectivity index (χ0v) is 18.3. The summed E-state index contributed by atoms with van der Waals surface area (Å²) in [5, 5.41) is 3.00. The molecule has 0 spiro atoms. The first-order valence-corrected chi connectivity index (χ1v) is 11.7. The van der Waals surface area contributed by atoms with Crippen LogP contribution in [0.2, 0.25) is 0 Å². The molecule has 1 saturated heterocycles. The number of aromatic nitrogens is 2. The van der Waals surface area contributed by atoms with E-state index in [2.05, 4.69) is 33.0 Å².